The molecule has 0 bridgehead atoms. The number of aryl methyl sites for hydroxylation is 1. The summed E-state index contributed by atoms with van der Waals surface area (Å²) in [6, 6.07) is 13.0. The van der Waals surface area contributed by atoms with E-state index >= 15 is 0 Å². The average Bonchev–Trinajstić information content (AvgIpc) is 3.36. The molecule has 0 atom stereocenters. The zero-order chi connectivity index (χ0) is 17.9. The molecule has 0 aliphatic carbocycles. The van der Waals surface area contributed by atoms with Crippen molar-refractivity contribution >= 4 is 22.9 Å². The molecule has 0 saturated carbocycles. The third-order valence-corrected chi connectivity index (χ3v) is 4.70. The number of nitrogens with zero attached hydrogens (tertiary/aromatic N) is 5. The molecule has 1 N–H and O–H groups in total. The van der Waals surface area contributed by atoms with E-state index in [0.29, 0.717) is 5.56 Å². The predicted molar refractivity (Wildman–Crippen MR) is 99.4 cm³/mol. The lowest BCUT2D eigenvalue weighted by molar-refractivity contribution is 0.102. The molecule has 4 rings (SSSR count). The molecule has 0 unspecified atom stereocenters. The van der Waals surface area contributed by atoms with Crippen LogP contribution in [0.3, 0.4) is 0 Å². The van der Waals surface area contributed by atoms with Crippen molar-refractivity contribution in [1.82, 2.24) is 25.2 Å². The number of benzene rings is 2. The number of carbonyl (C=O) groups is 1. The Morgan fingerprint density at radius 1 is 1.15 bits per heavy atom. The zero-order valence-corrected chi connectivity index (χ0v) is 14.6. The van der Waals surface area contributed by atoms with Crippen molar-refractivity contribution in [3.05, 3.63) is 71.5 Å². The van der Waals surface area contributed by atoms with Gasteiger partial charge in [0.1, 0.15) is 11.3 Å². The van der Waals surface area contributed by atoms with Gasteiger partial charge in [-0.3, -0.25) is 4.79 Å². The highest BCUT2D eigenvalue weighted by molar-refractivity contribution is 7.13. The van der Waals surface area contributed by atoms with Gasteiger partial charge in [-0.05, 0) is 65.4 Å². The average molecular weight is 362 g/mol. The van der Waals surface area contributed by atoms with Gasteiger partial charge in [0.15, 0.2) is 0 Å². The van der Waals surface area contributed by atoms with Crippen molar-refractivity contribution in [1.29, 1.82) is 0 Å². The first-order valence-corrected chi connectivity index (χ1v) is 8.74. The molecular formula is C18H14N6OS. The van der Waals surface area contributed by atoms with Gasteiger partial charge in [0.2, 0.25) is 0 Å². The van der Waals surface area contributed by atoms with E-state index in [4.69, 9.17) is 0 Å². The molecule has 0 saturated heterocycles. The van der Waals surface area contributed by atoms with Gasteiger partial charge >= 0.3 is 0 Å². The first-order valence-electron chi connectivity index (χ1n) is 7.86. The van der Waals surface area contributed by atoms with E-state index in [1.165, 1.54) is 6.33 Å². The van der Waals surface area contributed by atoms with E-state index in [9.17, 15) is 4.79 Å². The summed E-state index contributed by atoms with van der Waals surface area (Å²) in [5, 5.41) is 16.9. The van der Waals surface area contributed by atoms with Crippen LogP contribution in [0.15, 0.2) is 60.4 Å². The van der Waals surface area contributed by atoms with E-state index in [0.717, 1.165) is 27.5 Å². The summed E-state index contributed by atoms with van der Waals surface area (Å²) in [5.41, 5.74) is 4.07. The maximum absolute atomic E-state index is 12.5. The summed E-state index contributed by atoms with van der Waals surface area (Å²) in [5.74, 6) is -0.168. The van der Waals surface area contributed by atoms with Gasteiger partial charge < -0.3 is 5.32 Å². The topological polar surface area (TPSA) is 85.6 Å². The molecule has 4 aromatic rings. The summed E-state index contributed by atoms with van der Waals surface area (Å²) in [7, 11) is 0. The lowest BCUT2D eigenvalue weighted by atomic mass is 10.1. The van der Waals surface area contributed by atoms with Crippen molar-refractivity contribution < 1.29 is 4.79 Å². The molecule has 26 heavy (non-hydrogen) atoms. The molecular weight excluding hydrogens is 348 g/mol. The standard InChI is InChI=1S/C18H14N6OS/c1-12-10-14(4-7-16(12)24-11-20-22-23-24)17(25)21-15-5-2-13(3-6-15)18-19-8-9-26-18/h2-11H,1H3,(H,21,25). The van der Waals surface area contributed by atoms with Crippen molar-refractivity contribution in [2.75, 3.05) is 5.32 Å². The van der Waals surface area contributed by atoms with Crippen molar-refractivity contribution in [2.24, 2.45) is 0 Å². The summed E-state index contributed by atoms with van der Waals surface area (Å²) < 4.78 is 1.56. The number of hydrogen-bond donors (Lipinski definition) is 1. The minimum atomic E-state index is -0.168. The van der Waals surface area contributed by atoms with Gasteiger partial charge in [0.25, 0.3) is 5.91 Å². The Balaban J connectivity index is 1.50. The number of amides is 1. The van der Waals surface area contributed by atoms with E-state index in [-0.39, 0.29) is 5.91 Å². The second kappa shape index (κ2) is 6.85. The van der Waals surface area contributed by atoms with Gasteiger partial charge in [0, 0.05) is 28.4 Å². The quantitative estimate of drug-likeness (QED) is 0.602. The number of nitrogens with one attached hydrogen (secondary N) is 1. The molecule has 0 radical (unpaired) electrons. The second-order valence-electron chi connectivity index (χ2n) is 5.62. The van der Waals surface area contributed by atoms with Crippen LogP contribution in [0.1, 0.15) is 15.9 Å². The lowest BCUT2D eigenvalue weighted by Crippen LogP contribution is -2.12. The third kappa shape index (κ3) is 3.22. The Hall–Kier alpha value is -3.39. The van der Waals surface area contributed by atoms with E-state index < -0.39 is 0 Å². The smallest absolute Gasteiger partial charge is 0.255 e. The number of rotatable bonds is 4. The first kappa shape index (κ1) is 16.1. The monoisotopic (exact) mass is 362 g/mol. The molecule has 8 heteroatoms. The minimum Gasteiger partial charge on any atom is -0.322 e. The number of anilines is 1. The molecule has 2 aromatic carbocycles. The molecule has 2 heterocycles. The van der Waals surface area contributed by atoms with Gasteiger partial charge in [-0.15, -0.1) is 16.4 Å². The van der Waals surface area contributed by atoms with Crippen LogP contribution in [-0.4, -0.2) is 31.1 Å². The van der Waals surface area contributed by atoms with E-state index in [1.54, 1.807) is 28.3 Å². The van der Waals surface area contributed by atoms with Crippen molar-refractivity contribution in [2.45, 2.75) is 6.92 Å². The van der Waals surface area contributed by atoms with E-state index in [2.05, 4.69) is 25.8 Å². The summed E-state index contributed by atoms with van der Waals surface area (Å²) in [6.07, 6.45) is 3.29. The minimum absolute atomic E-state index is 0.168. The maximum Gasteiger partial charge on any atom is 0.255 e. The van der Waals surface area contributed by atoms with Crippen LogP contribution in [-0.2, 0) is 0 Å². The molecule has 0 spiro atoms. The molecule has 1 amide bonds. The van der Waals surface area contributed by atoms with Crippen LogP contribution < -0.4 is 5.32 Å². The molecule has 7 nitrogen and oxygen atoms in total. The third-order valence-electron chi connectivity index (χ3n) is 3.88. The number of tetrazole rings is 1. The fourth-order valence-electron chi connectivity index (χ4n) is 2.59. The van der Waals surface area contributed by atoms with Crippen LogP contribution in [0, 0.1) is 6.92 Å². The molecule has 0 aliphatic heterocycles. The number of thiazole rings is 1. The van der Waals surface area contributed by atoms with E-state index in [1.807, 2.05) is 48.7 Å². The Labute approximate surface area is 153 Å². The van der Waals surface area contributed by atoms with Crippen LogP contribution in [0.25, 0.3) is 16.3 Å². The highest BCUT2D eigenvalue weighted by Crippen LogP contribution is 2.23. The number of hydrogen-bond acceptors (Lipinski definition) is 6. The predicted octanol–water partition coefficient (Wildman–Crippen LogP) is 3.35. The normalized spacial score (nSPS) is 10.7. The Morgan fingerprint density at radius 3 is 2.65 bits per heavy atom. The first-order chi connectivity index (χ1) is 12.7. The van der Waals surface area contributed by atoms with Gasteiger partial charge in [-0.1, -0.05) is 0 Å². The van der Waals surface area contributed by atoms with Crippen LogP contribution in [0.5, 0.6) is 0 Å². The van der Waals surface area contributed by atoms with Crippen LogP contribution in [0.4, 0.5) is 5.69 Å². The fraction of sp³-hybridized carbons (Fsp3) is 0.0556. The highest BCUT2D eigenvalue weighted by atomic mass is 32.1. The molecule has 0 aliphatic rings. The largest absolute Gasteiger partial charge is 0.322 e. The fourth-order valence-corrected chi connectivity index (χ4v) is 3.24. The van der Waals surface area contributed by atoms with Gasteiger partial charge in [-0.25, -0.2) is 9.67 Å². The zero-order valence-electron chi connectivity index (χ0n) is 13.8. The Kier molecular flexibility index (Phi) is 4.24. The van der Waals surface area contributed by atoms with Gasteiger partial charge in [-0.2, -0.15) is 0 Å². The van der Waals surface area contributed by atoms with Crippen LogP contribution in [0.2, 0.25) is 0 Å². The maximum atomic E-state index is 12.5. The van der Waals surface area contributed by atoms with Crippen molar-refractivity contribution in [3.8, 4) is 16.3 Å². The highest BCUT2D eigenvalue weighted by Gasteiger charge is 2.10. The molecule has 128 valence electrons. The summed E-state index contributed by atoms with van der Waals surface area (Å²) in [6.45, 7) is 1.91. The second-order valence-corrected chi connectivity index (χ2v) is 6.52. The number of aromatic nitrogens is 5. The number of carbonyl (C=O) groups excluding carboxylic acids is 1. The SMILES string of the molecule is Cc1cc(C(=O)Nc2ccc(-c3nccs3)cc2)ccc1-n1cnnn1. The van der Waals surface area contributed by atoms with Crippen molar-refractivity contribution in [3.63, 3.8) is 0 Å². The van der Waals surface area contributed by atoms with Crippen LogP contribution >= 0.6 is 11.3 Å². The molecule has 2 aromatic heterocycles. The van der Waals surface area contributed by atoms with Gasteiger partial charge in [0.05, 0.1) is 5.69 Å². The molecule has 0 fully saturated rings. The summed E-state index contributed by atoms with van der Waals surface area (Å²) >= 11 is 1.58. The summed E-state index contributed by atoms with van der Waals surface area (Å²) in [4.78, 5) is 16.8. The Bertz CT molecular complexity index is 1030. The Morgan fingerprint density at radius 2 is 2.00 bits per heavy atom. The lowest BCUT2D eigenvalue weighted by Gasteiger charge is -2.09.